The van der Waals surface area contributed by atoms with Crippen LogP contribution in [0.3, 0.4) is 0 Å². The number of aromatic nitrogens is 1. The van der Waals surface area contributed by atoms with E-state index in [1.165, 1.54) is 5.56 Å². The Morgan fingerprint density at radius 3 is 2.76 bits per heavy atom. The van der Waals surface area contributed by atoms with Gasteiger partial charge in [0.2, 0.25) is 0 Å². The smallest absolute Gasteiger partial charge is 0.133 e. The van der Waals surface area contributed by atoms with Gasteiger partial charge in [-0.25, -0.2) is 4.98 Å². The first-order chi connectivity index (χ1) is 8.11. The van der Waals surface area contributed by atoms with Crippen LogP contribution in [0.15, 0.2) is 18.2 Å². The average Bonchev–Trinajstić information content (AvgIpc) is 2.27. The first-order valence-corrected chi connectivity index (χ1v) is 5.93. The molecule has 2 rings (SSSR count). The summed E-state index contributed by atoms with van der Waals surface area (Å²) in [5, 5.41) is 10.2. The van der Waals surface area contributed by atoms with E-state index >= 15 is 0 Å². The van der Waals surface area contributed by atoms with Crippen molar-refractivity contribution < 1.29 is 0 Å². The fraction of sp³-hybridized carbons (Fsp3) is 0.286. The second-order valence-electron chi connectivity index (χ2n) is 4.25. The van der Waals surface area contributed by atoms with Crippen molar-refractivity contribution in [2.75, 3.05) is 0 Å². The molecule has 0 atom stereocenters. The second kappa shape index (κ2) is 4.73. The Kier molecular flexibility index (Phi) is 3.31. The lowest BCUT2D eigenvalue weighted by Crippen LogP contribution is -1.93. The molecule has 0 fully saturated rings. The van der Waals surface area contributed by atoms with Crippen molar-refractivity contribution in [3.05, 3.63) is 40.0 Å². The van der Waals surface area contributed by atoms with E-state index in [0.717, 1.165) is 22.0 Å². The molecule has 3 heteroatoms. The molecule has 0 spiro atoms. The fourth-order valence-corrected chi connectivity index (χ4v) is 2.27. The number of aryl methyl sites for hydroxylation is 3. The molecule has 0 saturated heterocycles. The molecule has 0 unspecified atom stereocenters. The number of nitriles is 1. The molecule has 0 aliphatic rings. The van der Waals surface area contributed by atoms with Gasteiger partial charge < -0.3 is 0 Å². The molecule has 0 saturated carbocycles. The molecule has 86 valence electrons. The highest BCUT2D eigenvalue weighted by atomic mass is 35.5. The van der Waals surface area contributed by atoms with E-state index in [-0.39, 0.29) is 0 Å². The Labute approximate surface area is 106 Å². The van der Waals surface area contributed by atoms with Gasteiger partial charge in [0, 0.05) is 11.8 Å². The minimum Gasteiger partial charge on any atom is -0.236 e. The van der Waals surface area contributed by atoms with Gasteiger partial charge in [0.25, 0.3) is 0 Å². The Morgan fingerprint density at radius 1 is 1.29 bits per heavy atom. The first kappa shape index (κ1) is 11.9. The molecular formula is C14H13ClN2. The Balaban J connectivity index is 2.60. The van der Waals surface area contributed by atoms with Crippen molar-refractivity contribution in [3.63, 3.8) is 0 Å². The van der Waals surface area contributed by atoms with Gasteiger partial charge in [0.1, 0.15) is 5.15 Å². The van der Waals surface area contributed by atoms with E-state index in [0.29, 0.717) is 18.0 Å². The molecule has 0 amide bonds. The molecule has 0 bridgehead atoms. The largest absolute Gasteiger partial charge is 0.236 e. The third-order valence-corrected chi connectivity index (χ3v) is 3.11. The summed E-state index contributed by atoms with van der Waals surface area (Å²) in [6.45, 7) is 4.10. The van der Waals surface area contributed by atoms with Crippen LogP contribution in [0.5, 0.6) is 0 Å². The van der Waals surface area contributed by atoms with Crippen LogP contribution >= 0.6 is 11.6 Å². The average molecular weight is 245 g/mol. The van der Waals surface area contributed by atoms with Gasteiger partial charge in [-0.2, -0.15) is 5.26 Å². The lowest BCUT2D eigenvalue weighted by molar-refractivity contribution is 1.00. The quantitative estimate of drug-likeness (QED) is 0.750. The minimum atomic E-state index is 0.470. The summed E-state index contributed by atoms with van der Waals surface area (Å²) in [5.74, 6) is 0. The minimum absolute atomic E-state index is 0.470. The molecule has 0 aliphatic heterocycles. The van der Waals surface area contributed by atoms with Crippen LogP contribution in [0.1, 0.15) is 23.1 Å². The van der Waals surface area contributed by atoms with Crippen molar-refractivity contribution in [3.8, 4) is 6.07 Å². The number of benzene rings is 1. The second-order valence-corrected chi connectivity index (χ2v) is 4.61. The van der Waals surface area contributed by atoms with E-state index in [2.05, 4.69) is 30.1 Å². The van der Waals surface area contributed by atoms with Crippen molar-refractivity contribution in [1.82, 2.24) is 4.98 Å². The number of hydrogen-bond acceptors (Lipinski definition) is 2. The summed E-state index contributed by atoms with van der Waals surface area (Å²) >= 11 is 6.13. The summed E-state index contributed by atoms with van der Waals surface area (Å²) < 4.78 is 0. The molecule has 1 aromatic heterocycles. The maximum Gasteiger partial charge on any atom is 0.133 e. The normalized spacial score (nSPS) is 10.5. The monoisotopic (exact) mass is 244 g/mol. The van der Waals surface area contributed by atoms with Crippen molar-refractivity contribution >= 4 is 22.5 Å². The summed E-state index contributed by atoms with van der Waals surface area (Å²) in [4.78, 5) is 4.43. The Hall–Kier alpha value is -1.59. The molecule has 0 aliphatic carbocycles. The maximum atomic E-state index is 8.61. The molecule has 1 heterocycles. The van der Waals surface area contributed by atoms with E-state index in [4.69, 9.17) is 16.9 Å². The highest BCUT2D eigenvalue weighted by Crippen LogP contribution is 2.25. The maximum absolute atomic E-state index is 8.61. The fourth-order valence-electron chi connectivity index (χ4n) is 2.04. The first-order valence-electron chi connectivity index (χ1n) is 5.55. The van der Waals surface area contributed by atoms with Crippen LogP contribution in [0, 0.1) is 25.2 Å². The van der Waals surface area contributed by atoms with Gasteiger partial charge >= 0.3 is 0 Å². The highest BCUT2D eigenvalue weighted by molar-refractivity contribution is 6.30. The molecule has 1 aromatic carbocycles. The lowest BCUT2D eigenvalue weighted by atomic mass is 10.0. The number of rotatable bonds is 2. The number of nitrogens with zero attached hydrogens (tertiary/aromatic N) is 2. The standard InChI is InChI=1S/C14H13ClN2/c1-9-6-10(2)13-12(7-9)8-11(4-3-5-16)14(15)17-13/h6-8H,3-4H2,1-2H3. The third kappa shape index (κ3) is 2.40. The highest BCUT2D eigenvalue weighted by Gasteiger charge is 2.07. The van der Waals surface area contributed by atoms with Crippen LogP contribution < -0.4 is 0 Å². The molecule has 0 N–H and O–H groups in total. The van der Waals surface area contributed by atoms with E-state index in [1.807, 2.05) is 13.0 Å². The van der Waals surface area contributed by atoms with Gasteiger partial charge in [-0.3, -0.25) is 0 Å². The molecule has 2 aromatic rings. The zero-order chi connectivity index (χ0) is 12.4. The van der Waals surface area contributed by atoms with Crippen LogP contribution in [0.2, 0.25) is 5.15 Å². The summed E-state index contributed by atoms with van der Waals surface area (Å²) in [6, 6.07) is 8.37. The predicted octanol–water partition coefficient (Wildman–Crippen LogP) is 3.96. The Morgan fingerprint density at radius 2 is 2.06 bits per heavy atom. The van der Waals surface area contributed by atoms with E-state index in [9.17, 15) is 0 Å². The SMILES string of the molecule is Cc1cc(C)c2nc(Cl)c(CCC#N)cc2c1. The Bertz CT molecular complexity index is 612. The topological polar surface area (TPSA) is 36.7 Å². The number of fused-ring (bicyclic) bond motifs is 1. The zero-order valence-corrected chi connectivity index (χ0v) is 10.7. The molecular weight excluding hydrogens is 232 g/mol. The predicted molar refractivity (Wildman–Crippen MR) is 70.2 cm³/mol. The summed E-state index contributed by atoms with van der Waals surface area (Å²) in [7, 11) is 0. The molecule has 2 nitrogen and oxygen atoms in total. The van der Waals surface area contributed by atoms with Gasteiger partial charge in [0.05, 0.1) is 11.6 Å². The lowest BCUT2D eigenvalue weighted by Gasteiger charge is -2.07. The van der Waals surface area contributed by atoms with Crippen LogP contribution in [0.25, 0.3) is 10.9 Å². The number of pyridine rings is 1. The van der Waals surface area contributed by atoms with Crippen molar-refractivity contribution in [2.45, 2.75) is 26.7 Å². The van der Waals surface area contributed by atoms with Crippen molar-refractivity contribution in [1.29, 1.82) is 5.26 Å². The van der Waals surface area contributed by atoms with Gasteiger partial charge in [0.15, 0.2) is 0 Å². The van der Waals surface area contributed by atoms with Gasteiger partial charge in [-0.1, -0.05) is 23.2 Å². The van der Waals surface area contributed by atoms with Gasteiger partial charge in [-0.05, 0) is 43.5 Å². The zero-order valence-electron chi connectivity index (χ0n) is 9.92. The van der Waals surface area contributed by atoms with E-state index in [1.54, 1.807) is 0 Å². The molecule has 17 heavy (non-hydrogen) atoms. The summed E-state index contributed by atoms with van der Waals surface area (Å²) in [6.07, 6.45) is 1.13. The van der Waals surface area contributed by atoms with Crippen LogP contribution in [-0.2, 0) is 6.42 Å². The van der Waals surface area contributed by atoms with Crippen LogP contribution in [-0.4, -0.2) is 4.98 Å². The van der Waals surface area contributed by atoms with Crippen molar-refractivity contribution in [2.24, 2.45) is 0 Å². The number of halogens is 1. The van der Waals surface area contributed by atoms with Gasteiger partial charge in [-0.15, -0.1) is 0 Å². The molecule has 0 radical (unpaired) electrons. The third-order valence-electron chi connectivity index (χ3n) is 2.79. The van der Waals surface area contributed by atoms with E-state index < -0.39 is 0 Å². The number of hydrogen-bond donors (Lipinski definition) is 0. The summed E-state index contributed by atoms with van der Waals surface area (Å²) in [5.41, 5.74) is 4.24. The van der Waals surface area contributed by atoms with Crippen LogP contribution in [0.4, 0.5) is 0 Å².